The second-order valence-electron chi connectivity index (χ2n) is 3.17. The molecule has 8 nitrogen and oxygen atoms in total. The lowest BCUT2D eigenvalue weighted by molar-refractivity contribution is 0.112. The van der Waals surface area contributed by atoms with Crippen LogP contribution in [-0.4, -0.2) is 30.9 Å². The summed E-state index contributed by atoms with van der Waals surface area (Å²) in [6.45, 7) is 4.86. The first-order valence-corrected chi connectivity index (χ1v) is 4.62. The van der Waals surface area contributed by atoms with Crippen LogP contribution in [0.4, 0.5) is 9.59 Å². The lowest BCUT2D eigenvalue weighted by Crippen LogP contribution is -2.15. The first kappa shape index (κ1) is 14.1. The summed E-state index contributed by atoms with van der Waals surface area (Å²) in [6, 6.07) is 0. The van der Waals surface area contributed by atoms with Crippen LogP contribution in [0.3, 0.4) is 0 Å². The molecule has 16 heavy (non-hydrogen) atoms. The van der Waals surface area contributed by atoms with Crippen molar-refractivity contribution < 1.29 is 19.1 Å². The predicted octanol–water partition coefficient (Wildman–Crippen LogP) is 2.54. The lowest BCUT2D eigenvalue weighted by Gasteiger charge is -2.06. The number of hydrogen-bond acceptors (Lipinski definition) is 6. The Morgan fingerprint density at radius 2 is 1.62 bits per heavy atom. The van der Waals surface area contributed by atoms with E-state index in [1.165, 1.54) is 6.92 Å². The Labute approximate surface area is 92.5 Å². The minimum Gasteiger partial charge on any atom is -0.444 e. The largest absolute Gasteiger partial charge is 0.452 e. The fourth-order valence-electron chi connectivity index (χ4n) is 0.668. The van der Waals surface area contributed by atoms with Crippen LogP contribution in [-0.2, 0) is 9.47 Å². The topological polar surface area (TPSA) is 114 Å². The molecule has 0 fully saturated rings. The van der Waals surface area contributed by atoms with Crippen molar-refractivity contribution in [1.82, 2.24) is 0 Å². The first-order valence-electron chi connectivity index (χ1n) is 4.62. The third-order valence-electron chi connectivity index (χ3n) is 1.20. The van der Waals surface area contributed by atoms with Gasteiger partial charge in [-0.15, -0.1) is 0 Å². The standard InChI is InChI=1S/C8H14N4O4/c1-5(2)15-7(13)11-12-8(14)16-6(3)4-10-9/h5-6,9H,4H2,1-3H3/b10-9?,12-11+. The Morgan fingerprint density at radius 1 is 1.12 bits per heavy atom. The number of carbonyl (C=O) groups excluding carboxylic acids is 2. The number of rotatable bonds is 4. The molecule has 90 valence electrons. The zero-order valence-electron chi connectivity index (χ0n) is 9.34. The van der Waals surface area contributed by atoms with Crippen LogP contribution < -0.4 is 0 Å². The summed E-state index contributed by atoms with van der Waals surface area (Å²) in [5, 5.41) is 9.01. The van der Waals surface area contributed by atoms with Gasteiger partial charge in [-0.2, -0.15) is 5.11 Å². The van der Waals surface area contributed by atoms with Crippen molar-refractivity contribution >= 4 is 12.2 Å². The maximum atomic E-state index is 10.9. The summed E-state index contributed by atoms with van der Waals surface area (Å²) < 4.78 is 9.22. The number of ether oxygens (including phenoxy) is 2. The molecule has 0 aliphatic heterocycles. The van der Waals surface area contributed by atoms with Crippen molar-refractivity contribution in [3.05, 3.63) is 0 Å². The molecular weight excluding hydrogens is 216 g/mol. The highest BCUT2D eigenvalue weighted by atomic mass is 16.6. The predicted molar refractivity (Wildman–Crippen MR) is 52.4 cm³/mol. The van der Waals surface area contributed by atoms with Gasteiger partial charge in [-0.05, 0) is 20.8 Å². The maximum absolute atomic E-state index is 10.9. The van der Waals surface area contributed by atoms with Crippen molar-refractivity contribution in [3.63, 3.8) is 0 Å². The Hall–Kier alpha value is -1.86. The van der Waals surface area contributed by atoms with Crippen molar-refractivity contribution in [3.8, 4) is 0 Å². The molecule has 1 N–H and O–H groups in total. The van der Waals surface area contributed by atoms with Gasteiger partial charge < -0.3 is 9.47 Å². The SMILES string of the molecule is CC(C)OC(=O)/N=N/C(=O)OC(C)CN=N. The molecule has 8 heteroatoms. The fraction of sp³-hybridized carbons (Fsp3) is 0.750. The summed E-state index contributed by atoms with van der Waals surface area (Å²) in [5.74, 6) is 0. The highest BCUT2D eigenvalue weighted by molar-refractivity contribution is 5.73. The van der Waals surface area contributed by atoms with Crippen molar-refractivity contribution in [1.29, 1.82) is 5.53 Å². The van der Waals surface area contributed by atoms with E-state index in [0.29, 0.717) is 0 Å². The van der Waals surface area contributed by atoms with Gasteiger partial charge in [-0.3, -0.25) is 0 Å². The summed E-state index contributed by atoms with van der Waals surface area (Å²) in [4.78, 5) is 21.8. The zero-order chi connectivity index (χ0) is 12.6. The average molecular weight is 230 g/mol. The second kappa shape index (κ2) is 7.43. The molecule has 0 aliphatic carbocycles. The molecule has 2 amide bonds. The summed E-state index contributed by atoms with van der Waals surface area (Å²) in [7, 11) is 0. The van der Waals surface area contributed by atoms with E-state index in [9.17, 15) is 9.59 Å². The molecule has 0 aliphatic rings. The smallest absolute Gasteiger partial charge is 0.444 e. The van der Waals surface area contributed by atoms with Gasteiger partial charge >= 0.3 is 12.2 Å². The molecule has 1 atom stereocenters. The van der Waals surface area contributed by atoms with E-state index in [4.69, 9.17) is 5.53 Å². The van der Waals surface area contributed by atoms with Gasteiger partial charge in [0.1, 0.15) is 6.10 Å². The number of nitrogens with one attached hydrogen (secondary N) is 1. The zero-order valence-corrected chi connectivity index (χ0v) is 9.34. The van der Waals surface area contributed by atoms with E-state index in [-0.39, 0.29) is 12.6 Å². The van der Waals surface area contributed by atoms with E-state index in [1.54, 1.807) is 13.8 Å². The molecule has 0 radical (unpaired) electrons. The summed E-state index contributed by atoms with van der Waals surface area (Å²) >= 11 is 0. The monoisotopic (exact) mass is 230 g/mol. The van der Waals surface area contributed by atoms with Crippen LogP contribution >= 0.6 is 0 Å². The summed E-state index contributed by atoms with van der Waals surface area (Å²) in [6.07, 6.45) is -2.88. The molecule has 0 rings (SSSR count). The Kier molecular flexibility index (Phi) is 6.57. The molecule has 0 spiro atoms. The molecule has 0 saturated carbocycles. The van der Waals surface area contributed by atoms with E-state index >= 15 is 0 Å². The van der Waals surface area contributed by atoms with Crippen LogP contribution in [0.15, 0.2) is 15.3 Å². The molecule has 0 aromatic rings. The lowest BCUT2D eigenvalue weighted by atomic mass is 10.4. The quantitative estimate of drug-likeness (QED) is 0.747. The molecule has 0 aromatic heterocycles. The molecule has 0 aromatic carbocycles. The van der Waals surface area contributed by atoms with Gasteiger partial charge in [0.25, 0.3) is 0 Å². The second-order valence-corrected chi connectivity index (χ2v) is 3.17. The number of azo groups is 1. The Balaban J connectivity index is 3.99. The third kappa shape index (κ3) is 7.54. The molecule has 0 saturated heterocycles. The molecule has 0 bridgehead atoms. The highest BCUT2D eigenvalue weighted by Gasteiger charge is 2.09. The number of hydrogen-bond donors (Lipinski definition) is 1. The van der Waals surface area contributed by atoms with Gasteiger partial charge in [-0.25, -0.2) is 15.1 Å². The number of nitrogens with zero attached hydrogens (tertiary/aromatic N) is 3. The summed E-state index contributed by atoms with van der Waals surface area (Å²) in [5.41, 5.74) is 6.53. The van der Waals surface area contributed by atoms with Crippen molar-refractivity contribution in [2.75, 3.05) is 6.54 Å². The minimum absolute atomic E-state index is 0.0394. The molecule has 0 heterocycles. The minimum atomic E-state index is -1.02. The number of amides is 2. The van der Waals surface area contributed by atoms with Crippen LogP contribution in [0.5, 0.6) is 0 Å². The maximum Gasteiger partial charge on any atom is 0.452 e. The Bertz CT molecular complexity index is 290. The average Bonchev–Trinajstić information content (AvgIpc) is 2.14. The highest BCUT2D eigenvalue weighted by Crippen LogP contribution is 1.97. The Morgan fingerprint density at radius 3 is 2.06 bits per heavy atom. The van der Waals surface area contributed by atoms with Crippen LogP contribution in [0.1, 0.15) is 20.8 Å². The van der Waals surface area contributed by atoms with E-state index in [1.807, 2.05) is 0 Å². The fourth-order valence-corrected chi connectivity index (χ4v) is 0.668. The van der Waals surface area contributed by atoms with Crippen LogP contribution in [0.2, 0.25) is 0 Å². The van der Waals surface area contributed by atoms with E-state index in [0.717, 1.165) is 0 Å². The normalized spacial score (nSPS) is 12.5. The van der Waals surface area contributed by atoms with Crippen LogP contribution in [0.25, 0.3) is 0 Å². The van der Waals surface area contributed by atoms with Crippen molar-refractivity contribution in [2.24, 2.45) is 15.3 Å². The van der Waals surface area contributed by atoms with Gasteiger partial charge in [0, 0.05) is 0 Å². The third-order valence-corrected chi connectivity index (χ3v) is 1.20. The van der Waals surface area contributed by atoms with Gasteiger partial charge in [0.15, 0.2) is 0 Å². The molecule has 1 unspecified atom stereocenters. The number of carbonyl (C=O) groups is 2. The van der Waals surface area contributed by atoms with Gasteiger partial charge in [0.05, 0.1) is 12.6 Å². The van der Waals surface area contributed by atoms with E-state index < -0.39 is 18.3 Å². The van der Waals surface area contributed by atoms with E-state index in [2.05, 4.69) is 24.8 Å². The van der Waals surface area contributed by atoms with Crippen LogP contribution in [0, 0.1) is 5.53 Å². The van der Waals surface area contributed by atoms with Gasteiger partial charge in [-0.1, -0.05) is 10.2 Å². The van der Waals surface area contributed by atoms with Crippen molar-refractivity contribution in [2.45, 2.75) is 33.0 Å². The van der Waals surface area contributed by atoms with Gasteiger partial charge in [0.2, 0.25) is 0 Å². The first-order chi connectivity index (χ1) is 7.45. The molecular formula is C8H14N4O4.